The van der Waals surface area contributed by atoms with E-state index in [4.69, 9.17) is 27.9 Å². The molecule has 0 aromatic heterocycles. The average molecular weight is 159 g/mol. The first-order valence-electron chi connectivity index (χ1n) is 3.29. The van der Waals surface area contributed by atoms with Gasteiger partial charge in [-0.05, 0) is 0 Å². The molecule has 2 radical (unpaired) electrons. The topological polar surface area (TPSA) is 82.0 Å². The third-order valence-electron chi connectivity index (χ3n) is 1.52. The molecule has 1 aliphatic rings. The van der Waals surface area contributed by atoms with Crippen LogP contribution in [-0.4, -0.2) is 54.3 Å². The minimum atomic E-state index is -1.09. The SMILES string of the molecule is [B]C1O[C@H](CO)C(O)NC1O. The van der Waals surface area contributed by atoms with Gasteiger partial charge in [0.2, 0.25) is 0 Å². The average Bonchev–Trinajstić information content (AvgIpc) is 1.97. The van der Waals surface area contributed by atoms with Crippen molar-refractivity contribution < 1.29 is 20.1 Å². The summed E-state index contributed by atoms with van der Waals surface area (Å²) in [5.41, 5.74) is 0. The van der Waals surface area contributed by atoms with E-state index in [1.54, 1.807) is 0 Å². The molecule has 0 saturated carbocycles. The fourth-order valence-electron chi connectivity index (χ4n) is 0.871. The van der Waals surface area contributed by atoms with Gasteiger partial charge in [0.15, 0.2) is 0 Å². The van der Waals surface area contributed by atoms with Crippen molar-refractivity contribution in [2.75, 3.05) is 6.61 Å². The first-order valence-corrected chi connectivity index (χ1v) is 3.29. The van der Waals surface area contributed by atoms with Crippen molar-refractivity contribution in [2.45, 2.75) is 24.6 Å². The lowest BCUT2D eigenvalue weighted by atomic mass is 9.96. The van der Waals surface area contributed by atoms with Crippen LogP contribution in [0.5, 0.6) is 0 Å². The van der Waals surface area contributed by atoms with Gasteiger partial charge in [-0.1, -0.05) is 0 Å². The predicted octanol–water partition coefficient (Wildman–Crippen LogP) is -2.90. The standard InChI is InChI=1S/C5H10BNO4/c6-3-5(10)7-4(9)2(1-8)11-3/h2-5,7-10H,1H2/t2-,3?,4?,5?/m1/s1. The van der Waals surface area contributed by atoms with Crippen LogP contribution in [0.25, 0.3) is 0 Å². The lowest BCUT2D eigenvalue weighted by molar-refractivity contribution is -0.172. The van der Waals surface area contributed by atoms with Crippen LogP contribution >= 0.6 is 0 Å². The minimum absolute atomic E-state index is 0.339. The van der Waals surface area contributed by atoms with Crippen LogP contribution < -0.4 is 5.32 Å². The van der Waals surface area contributed by atoms with E-state index in [0.29, 0.717) is 0 Å². The maximum Gasteiger partial charge on any atom is 0.135 e. The molecule has 62 valence electrons. The number of aliphatic hydroxyl groups excluding tert-OH is 3. The van der Waals surface area contributed by atoms with Crippen molar-refractivity contribution in [3.8, 4) is 0 Å². The van der Waals surface area contributed by atoms with Gasteiger partial charge in [-0.3, -0.25) is 5.32 Å². The lowest BCUT2D eigenvalue weighted by Crippen LogP contribution is -2.59. The second-order valence-electron chi connectivity index (χ2n) is 2.38. The van der Waals surface area contributed by atoms with Crippen LogP contribution in [0, 0.1) is 0 Å². The Kier molecular flexibility index (Phi) is 2.86. The molecule has 0 aromatic rings. The highest BCUT2D eigenvalue weighted by atomic mass is 16.5. The maximum atomic E-state index is 9.05. The number of morpholine rings is 1. The molecule has 4 N–H and O–H groups in total. The summed E-state index contributed by atoms with van der Waals surface area (Å²) in [6.45, 7) is -0.339. The Morgan fingerprint density at radius 1 is 1.36 bits per heavy atom. The van der Waals surface area contributed by atoms with Crippen LogP contribution in [0.2, 0.25) is 0 Å². The van der Waals surface area contributed by atoms with Crippen molar-refractivity contribution >= 4 is 7.85 Å². The Morgan fingerprint density at radius 3 is 2.55 bits per heavy atom. The van der Waals surface area contributed by atoms with E-state index in [1.807, 2.05) is 0 Å². The van der Waals surface area contributed by atoms with E-state index in [9.17, 15) is 0 Å². The summed E-state index contributed by atoms with van der Waals surface area (Å²) in [5.74, 6) is 0. The molecule has 0 aromatic carbocycles. The third kappa shape index (κ3) is 1.91. The van der Waals surface area contributed by atoms with Gasteiger partial charge in [0.05, 0.1) is 12.6 Å². The number of ether oxygens (including phenoxy) is 1. The molecular formula is C5H10BNO4. The molecule has 1 fully saturated rings. The number of nitrogens with one attached hydrogen (secondary N) is 1. The molecule has 5 nitrogen and oxygen atoms in total. The maximum absolute atomic E-state index is 9.05. The summed E-state index contributed by atoms with van der Waals surface area (Å²) in [6, 6.07) is -0.907. The van der Waals surface area contributed by atoms with Crippen LogP contribution in [0.1, 0.15) is 0 Å². The predicted molar refractivity (Wildman–Crippen MR) is 36.7 cm³/mol. The van der Waals surface area contributed by atoms with Gasteiger partial charge in [-0.15, -0.1) is 0 Å². The van der Waals surface area contributed by atoms with E-state index in [0.717, 1.165) is 0 Å². The monoisotopic (exact) mass is 159 g/mol. The molecule has 11 heavy (non-hydrogen) atoms. The second kappa shape index (κ2) is 3.51. The van der Waals surface area contributed by atoms with Gasteiger partial charge in [0.1, 0.15) is 26.4 Å². The molecule has 0 amide bonds. The lowest BCUT2D eigenvalue weighted by Gasteiger charge is -2.36. The highest BCUT2D eigenvalue weighted by Gasteiger charge is 2.31. The first-order chi connectivity index (χ1) is 5.15. The van der Waals surface area contributed by atoms with Crippen molar-refractivity contribution in [2.24, 2.45) is 0 Å². The molecule has 0 spiro atoms. The molecule has 0 bridgehead atoms. The van der Waals surface area contributed by atoms with Crippen molar-refractivity contribution in [3.63, 3.8) is 0 Å². The van der Waals surface area contributed by atoms with E-state index in [2.05, 4.69) is 5.32 Å². The summed E-state index contributed by atoms with van der Waals surface area (Å²) in [5, 5.41) is 28.9. The second-order valence-corrected chi connectivity index (χ2v) is 2.38. The number of hydrogen-bond donors (Lipinski definition) is 4. The Morgan fingerprint density at radius 2 is 2.00 bits per heavy atom. The summed E-state index contributed by atoms with van der Waals surface area (Å²) in [4.78, 5) is 0. The fourth-order valence-corrected chi connectivity index (χ4v) is 0.871. The quantitative estimate of drug-likeness (QED) is 0.308. The zero-order valence-corrected chi connectivity index (χ0v) is 5.84. The highest BCUT2D eigenvalue weighted by molar-refractivity contribution is 6.11. The Bertz CT molecular complexity index is 136. The van der Waals surface area contributed by atoms with E-state index in [1.165, 1.54) is 0 Å². The van der Waals surface area contributed by atoms with Crippen LogP contribution in [-0.2, 0) is 4.74 Å². The smallest absolute Gasteiger partial charge is 0.135 e. The molecule has 1 aliphatic heterocycles. The van der Waals surface area contributed by atoms with Gasteiger partial charge >= 0.3 is 0 Å². The van der Waals surface area contributed by atoms with Crippen LogP contribution in [0.4, 0.5) is 0 Å². The normalized spacial score (nSPS) is 45.7. The van der Waals surface area contributed by atoms with E-state index < -0.39 is 24.6 Å². The number of rotatable bonds is 1. The molecular weight excluding hydrogens is 149 g/mol. The zero-order valence-electron chi connectivity index (χ0n) is 5.84. The molecule has 6 heteroatoms. The Hall–Kier alpha value is -0.135. The highest BCUT2D eigenvalue weighted by Crippen LogP contribution is 2.08. The Labute approximate surface area is 65.4 Å². The van der Waals surface area contributed by atoms with Crippen molar-refractivity contribution in [1.29, 1.82) is 0 Å². The molecule has 1 rings (SSSR count). The first kappa shape index (κ1) is 8.96. The molecule has 0 aliphatic carbocycles. The van der Waals surface area contributed by atoms with Crippen LogP contribution in [0.15, 0.2) is 0 Å². The molecule has 1 saturated heterocycles. The summed E-state index contributed by atoms with van der Waals surface area (Å²) < 4.78 is 4.83. The summed E-state index contributed by atoms with van der Waals surface area (Å²) in [6.07, 6.45) is -2.93. The van der Waals surface area contributed by atoms with Crippen molar-refractivity contribution in [1.82, 2.24) is 5.32 Å². The largest absolute Gasteiger partial charge is 0.394 e. The van der Waals surface area contributed by atoms with Gasteiger partial charge < -0.3 is 20.1 Å². The minimum Gasteiger partial charge on any atom is -0.394 e. The summed E-state index contributed by atoms with van der Waals surface area (Å²) in [7, 11) is 5.25. The van der Waals surface area contributed by atoms with Gasteiger partial charge in [-0.25, -0.2) is 0 Å². The van der Waals surface area contributed by atoms with Crippen molar-refractivity contribution in [3.05, 3.63) is 0 Å². The summed E-state index contributed by atoms with van der Waals surface area (Å²) >= 11 is 0. The molecule has 1 heterocycles. The zero-order chi connectivity index (χ0) is 8.43. The van der Waals surface area contributed by atoms with Gasteiger partial charge in [-0.2, -0.15) is 0 Å². The molecule has 3 unspecified atom stereocenters. The Balaban J connectivity index is 2.48. The molecule has 4 atom stereocenters. The van der Waals surface area contributed by atoms with Gasteiger partial charge in [0, 0.05) is 0 Å². The van der Waals surface area contributed by atoms with E-state index >= 15 is 0 Å². The van der Waals surface area contributed by atoms with E-state index in [-0.39, 0.29) is 6.61 Å². The van der Waals surface area contributed by atoms with Gasteiger partial charge in [0.25, 0.3) is 0 Å². The fraction of sp³-hybridized carbons (Fsp3) is 1.00. The number of hydrogen-bond acceptors (Lipinski definition) is 5. The third-order valence-corrected chi connectivity index (χ3v) is 1.52. The van der Waals surface area contributed by atoms with Crippen LogP contribution in [0.3, 0.4) is 0 Å². The number of aliphatic hydroxyl groups is 3.